The van der Waals surface area contributed by atoms with Crippen molar-refractivity contribution in [2.45, 2.75) is 19.8 Å². The van der Waals surface area contributed by atoms with Crippen LogP contribution in [-0.2, 0) is 4.79 Å². The Labute approximate surface area is 96.6 Å². The monoisotopic (exact) mass is 228 g/mol. The van der Waals surface area contributed by atoms with Crippen LogP contribution >= 0.6 is 11.8 Å². The van der Waals surface area contributed by atoms with E-state index in [-0.39, 0.29) is 11.8 Å². The van der Waals surface area contributed by atoms with Gasteiger partial charge in [0.15, 0.2) is 0 Å². The van der Waals surface area contributed by atoms with Crippen molar-refractivity contribution >= 4 is 17.7 Å². The smallest absolute Gasteiger partial charge is 0.222 e. The standard InChI is InChI=1S/C11H20N2OS/c1-3-8-15-9-7-13-11(14)10(2)5-4-6-12/h1,10H,4-9,12H2,2H3,(H,13,14). The van der Waals surface area contributed by atoms with Crippen LogP contribution in [-0.4, -0.2) is 30.5 Å². The molecule has 0 fully saturated rings. The topological polar surface area (TPSA) is 55.1 Å². The van der Waals surface area contributed by atoms with Crippen molar-refractivity contribution in [3.8, 4) is 12.3 Å². The van der Waals surface area contributed by atoms with Gasteiger partial charge in [0.2, 0.25) is 5.91 Å². The first-order valence-electron chi connectivity index (χ1n) is 5.21. The molecule has 1 unspecified atom stereocenters. The molecule has 1 atom stereocenters. The first kappa shape index (κ1) is 14.3. The zero-order valence-corrected chi connectivity index (χ0v) is 10.1. The Morgan fingerprint density at radius 1 is 1.67 bits per heavy atom. The largest absolute Gasteiger partial charge is 0.355 e. The Morgan fingerprint density at radius 3 is 3.00 bits per heavy atom. The average Bonchev–Trinajstić information content (AvgIpc) is 2.25. The second-order valence-corrected chi connectivity index (χ2v) is 4.48. The van der Waals surface area contributed by atoms with Gasteiger partial charge in [0.1, 0.15) is 0 Å². The lowest BCUT2D eigenvalue weighted by molar-refractivity contribution is -0.124. The summed E-state index contributed by atoms with van der Waals surface area (Å²) in [6, 6.07) is 0. The van der Waals surface area contributed by atoms with Gasteiger partial charge in [-0.05, 0) is 19.4 Å². The van der Waals surface area contributed by atoms with E-state index in [9.17, 15) is 4.79 Å². The molecule has 0 aromatic carbocycles. The molecule has 0 rings (SSSR count). The highest BCUT2D eigenvalue weighted by Gasteiger charge is 2.10. The number of hydrogen-bond donors (Lipinski definition) is 2. The second-order valence-electron chi connectivity index (χ2n) is 3.38. The summed E-state index contributed by atoms with van der Waals surface area (Å²) in [7, 11) is 0. The SMILES string of the molecule is C#CCSCCNC(=O)C(C)CCCN. The molecular weight excluding hydrogens is 208 g/mol. The molecule has 0 saturated carbocycles. The third kappa shape index (κ3) is 8.34. The van der Waals surface area contributed by atoms with Gasteiger partial charge in [-0.25, -0.2) is 0 Å². The number of nitrogens with two attached hydrogens (primary N) is 1. The number of carbonyl (C=O) groups is 1. The molecule has 0 aromatic rings. The number of nitrogens with one attached hydrogen (secondary N) is 1. The fourth-order valence-electron chi connectivity index (χ4n) is 1.11. The van der Waals surface area contributed by atoms with Crippen LogP contribution in [0.2, 0.25) is 0 Å². The van der Waals surface area contributed by atoms with Crippen molar-refractivity contribution in [3.05, 3.63) is 0 Å². The highest BCUT2D eigenvalue weighted by molar-refractivity contribution is 7.99. The Kier molecular flexibility index (Phi) is 9.44. The molecule has 86 valence electrons. The van der Waals surface area contributed by atoms with Crippen molar-refractivity contribution in [2.24, 2.45) is 11.7 Å². The molecule has 0 aliphatic heterocycles. The van der Waals surface area contributed by atoms with Crippen LogP contribution in [0.15, 0.2) is 0 Å². The van der Waals surface area contributed by atoms with E-state index < -0.39 is 0 Å². The number of terminal acetylenes is 1. The van der Waals surface area contributed by atoms with Gasteiger partial charge in [-0.3, -0.25) is 4.79 Å². The summed E-state index contributed by atoms with van der Waals surface area (Å²) in [6.07, 6.45) is 6.87. The summed E-state index contributed by atoms with van der Waals surface area (Å²) in [5.41, 5.74) is 5.38. The molecule has 0 spiro atoms. The minimum Gasteiger partial charge on any atom is -0.355 e. The summed E-state index contributed by atoms with van der Waals surface area (Å²) in [5, 5.41) is 2.88. The van der Waals surface area contributed by atoms with E-state index in [2.05, 4.69) is 11.2 Å². The van der Waals surface area contributed by atoms with Crippen molar-refractivity contribution in [3.63, 3.8) is 0 Å². The number of amides is 1. The van der Waals surface area contributed by atoms with E-state index in [0.717, 1.165) is 18.6 Å². The highest BCUT2D eigenvalue weighted by atomic mass is 32.2. The minimum atomic E-state index is 0.0613. The van der Waals surface area contributed by atoms with Gasteiger partial charge in [-0.2, -0.15) is 0 Å². The summed E-state index contributed by atoms with van der Waals surface area (Å²) in [4.78, 5) is 11.5. The average molecular weight is 228 g/mol. The Bertz CT molecular complexity index is 213. The molecule has 0 heterocycles. The summed E-state index contributed by atoms with van der Waals surface area (Å²) in [6.45, 7) is 3.27. The van der Waals surface area contributed by atoms with Crippen LogP contribution in [0.1, 0.15) is 19.8 Å². The Hall–Kier alpha value is -0.660. The molecule has 0 aromatic heterocycles. The molecule has 1 amide bonds. The fraction of sp³-hybridized carbons (Fsp3) is 0.727. The summed E-state index contributed by atoms with van der Waals surface area (Å²) >= 11 is 1.65. The van der Waals surface area contributed by atoms with Gasteiger partial charge in [-0.15, -0.1) is 18.2 Å². The van der Waals surface area contributed by atoms with E-state index in [4.69, 9.17) is 12.2 Å². The third-order valence-electron chi connectivity index (χ3n) is 2.02. The van der Waals surface area contributed by atoms with Gasteiger partial charge < -0.3 is 11.1 Å². The van der Waals surface area contributed by atoms with Gasteiger partial charge in [0.25, 0.3) is 0 Å². The predicted octanol–water partition coefficient (Wildman–Crippen LogP) is 0.844. The number of hydrogen-bond acceptors (Lipinski definition) is 3. The maximum atomic E-state index is 11.5. The Morgan fingerprint density at radius 2 is 2.40 bits per heavy atom. The normalized spacial score (nSPS) is 11.8. The molecular formula is C11H20N2OS. The molecule has 0 radical (unpaired) electrons. The zero-order valence-electron chi connectivity index (χ0n) is 9.29. The van der Waals surface area contributed by atoms with Gasteiger partial charge in [0, 0.05) is 18.2 Å². The molecule has 0 bridgehead atoms. The molecule has 4 heteroatoms. The Balaban J connectivity index is 3.43. The van der Waals surface area contributed by atoms with E-state index in [1.807, 2.05) is 6.92 Å². The lowest BCUT2D eigenvalue weighted by Crippen LogP contribution is -2.31. The maximum absolute atomic E-state index is 11.5. The van der Waals surface area contributed by atoms with Crippen LogP contribution in [0.3, 0.4) is 0 Å². The first-order valence-corrected chi connectivity index (χ1v) is 6.36. The van der Waals surface area contributed by atoms with Crippen LogP contribution in [0.4, 0.5) is 0 Å². The molecule has 3 N–H and O–H groups in total. The molecule has 3 nitrogen and oxygen atoms in total. The van der Waals surface area contributed by atoms with Crippen molar-refractivity contribution < 1.29 is 4.79 Å². The van der Waals surface area contributed by atoms with Crippen molar-refractivity contribution in [2.75, 3.05) is 24.6 Å². The first-order chi connectivity index (χ1) is 7.22. The number of carbonyl (C=O) groups excluding carboxylic acids is 1. The lowest BCUT2D eigenvalue weighted by Gasteiger charge is -2.10. The zero-order chi connectivity index (χ0) is 11.5. The van der Waals surface area contributed by atoms with Crippen molar-refractivity contribution in [1.82, 2.24) is 5.32 Å². The molecule has 15 heavy (non-hydrogen) atoms. The van der Waals surface area contributed by atoms with E-state index >= 15 is 0 Å². The predicted molar refractivity (Wildman–Crippen MR) is 66.6 cm³/mol. The van der Waals surface area contributed by atoms with Gasteiger partial charge >= 0.3 is 0 Å². The van der Waals surface area contributed by atoms with Crippen LogP contribution < -0.4 is 11.1 Å². The van der Waals surface area contributed by atoms with Crippen LogP contribution in [0.5, 0.6) is 0 Å². The third-order valence-corrected chi connectivity index (χ3v) is 2.88. The van der Waals surface area contributed by atoms with Crippen LogP contribution in [0.25, 0.3) is 0 Å². The number of thioether (sulfide) groups is 1. The second kappa shape index (κ2) is 9.88. The summed E-state index contributed by atoms with van der Waals surface area (Å²) in [5.74, 6) is 4.30. The molecule has 0 aliphatic carbocycles. The van der Waals surface area contributed by atoms with Crippen molar-refractivity contribution in [1.29, 1.82) is 0 Å². The lowest BCUT2D eigenvalue weighted by atomic mass is 10.1. The molecule has 0 aliphatic rings. The number of rotatable bonds is 8. The van der Waals surface area contributed by atoms with E-state index in [1.165, 1.54) is 0 Å². The van der Waals surface area contributed by atoms with E-state index in [0.29, 0.717) is 18.8 Å². The quantitative estimate of drug-likeness (QED) is 0.478. The van der Waals surface area contributed by atoms with Gasteiger partial charge in [-0.1, -0.05) is 12.8 Å². The minimum absolute atomic E-state index is 0.0613. The van der Waals surface area contributed by atoms with Gasteiger partial charge in [0.05, 0.1) is 5.75 Å². The highest BCUT2D eigenvalue weighted by Crippen LogP contribution is 2.04. The van der Waals surface area contributed by atoms with Crippen LogP contribution in [0, 0.1) is 18.3 Å². The fourth-order valence-corrected chi connectivity index (χ4v) is 1.62. The molecule has 0 saturated heterocycles. The van der Waals surface area contributed by atoms with E-state index in [1.54, 1.807) is 11.8 Å². The maximum Gasteiger partial charge on any atom is 0.222 e. The summed E-state index contributed by atoms with van der Waals surface area (Å²) < 4.78 is 0.